The van der Waals surface area contributed by atoms with E-state index < -0.39 is 0 Å². The van der Waals surface area contributed by atoms with Crippen molar-refractivity contribution in [2.75, 3.05) is 13.1 Å². The van der Waals surface area contributed by atoms with E-state index in [0.717, 1.165) is 47.5 Å². The maximum atomic E-state index is 4.81. The Hall–Kier alpha value is -2.31. The van der Waals surface area contributed by atoms with Crippen molar-refractivity contribution in [2.45, 2.75) is 25.3 Å². The number of aromatic amines is 1. The summed E-state index contributed by atoms with van der Waals surface area (Å²) in [4.78, 5) is 10.9. The lowest BCUT2D eigenvalue weighted by atomic mass is 9.97. The van der Waals surface area contributed by atoms with Crippen molar-refractivity contribution in [3.8, 4) is 0 Å². The minimum Gasteiger partial charge on any atom is -0.342 e. The number of likely N-dealkylation sites (tertiary alicyclic amines) is 1. The molecule has 1 saturated heterocycles. The fraction of sp³-hybridized carbons (Fsp3) is 0.316. The second-order valence-corrected chi connectivity index (χ2v) is 7.33. The summed E-state index contributed by atoms with van der Waals surface area (Å²) in [5.41, 5.74) is 5.51. The Morgan fingerprint density at radius 2 is 2.00 bits per heavy atom. The molecule has 1 aliphatic heterocycles. The Bertz CT molecular complexity index is 988. The lowest BCUT2D eigenvalue weighted by molar-refractivity contribution is 0.197. The van der Waals surface area contributed by atoms with E-state index in [-0.39, 0.29) is 0 Å². The van der Waals surface area contributed by atoms with E-state index in [0.29, 0.717) is 5.92 Å². The monoisotopic (exact) mass is 349 g/mol. The third-order valence-electron chi connectivity index (χ3n) is 5.02. The van der Waals surface area contributed by atoms with Gasteiger partial charge in [-0.05, 0) is 49.2 Å². The molecule has 1 aliphatic rings. The van der Waals surface area contributed by atoms with Gasteiger partial charge in [-0.2, -0.15) is 8.75 Å². The van der Waals surface area contributed by atoms with E-state index >= 15 is 0 Å². The van der Waals surface area contributed by atoms with Crippen molar-refractivity contribution in [1.82, 2.24) is 23.6 Å². The molecule has 0 saturated carbocycles. The number of H-pyrrole nitrogens is 1. The Balaban J connectivity index is 1.34. The lowest BCUT2D eigenvalue weighted by Crippen LogP contribution is -2.34. The number of hydrogen-bond acceptors (Lipinski definition) is 5. The van der Waals surface area contributed by atoms with Gasteiger partial charge in [0.1, 0.15) is 16.9 Å². The number of aromatic nitrogens is 4. The van der Waals surface area contributed by atoms with E-state index in [1.807, 2.05) is 6.07 Å². The molecular weight excluding hydrogens is 330 g/mol. The van der Waals surface area contributed by atoms with Crippen LogP contribution in [0.3, 0.4) is 0 Å². The number of hydrogen-bond donors (Lipinski definition) is 1. The fourth-order valence-corrected chi connectivity index (χ4v) is 4.29. The summed E-state index contributed by atoms with van der Waals surface area (Å²) in [5, 5.41) is 0. The number of piperidine rings is 1. The van der Waals surface area contributed by atoms with Gasteiger partial charge >= 0.3 is 0 Å². The molecule has 0 spiro atoms. The van der Waals surface area contributed by atoms with Crippen LogP contribution in [0.5, 0.6) is 0 Å². The molecule has 0 unspecified atom stereocenters. The number of fused-ring (bicyclic) bond motifs is 2. The Kier molecular flexibility index (Phi) is 3.72. The predicted molar refractivity (Wildman–Crippen MR) is 101 cm³/mol. The first-order chi connectivity index (χ1) is 12.3. The van der Waals surface area contributed by atoms with Crippen LogP contribution < -0.4 is 0 Å². The van der Waals surface area contributed by atoms with E-state index in [1.54, 1.807) is 0 Å². The zero-order chi connectivity index (χ0) is 16.6. The van der Waals surface area contributed by atoms with E-state index in [9.17, 15) is 0 Å². The highest BCUT2D eigenvalue weighted by atomic mass is 32.1. The molecule has 0 bridgehead atoms. The number of para-hydroxylation sites is 2. The number of benzene rings is 2. The molecule has 5 nitrogen and oxygen atoms in total. The van der Waals surface area contributed by atoms with Crippen molar-refractivity contribution in [3.63, 3.8) is 0 Å². The number of nitrogens with zero attached hydrogens (tertiary/aromatic N) is 4. The lowest BCUT2D eigenvalue weighted by Gasteiger charge is -2.31. The minimum absolute atomic E-state index is 0.478. The van der Waals surface area contributed by atoms with Gasteiger partial charge in [0.15, 0.2) is 0 Å². The maximum absolute atomic E-state index is 4.81. The van der Waals surface area contributed by atoms with Crippen LogP contribution >= 0.6 is 11.7 Å². The highest BCUT2D eigenvalue weighted by Gasteiger charge is 2.24. The largest absolute Gasteiger partial charge is 0.342 e. The highest BCUT2D eigenvalue weighted by Crippen LogP contribution is 2.28. The van der Waals surface area contributed by atoms with Gasteiger partial charge in [0.05, 0.1) is 22.8 Å². The molecule has 0 amide bonds. The maximum Gasteiger partial charge on any atom is 0.111 e. The molecule has 126 valence electrons. The summed E-state index contributed by atoms with van der Waals surface area (Å²) >= 11 is 1.28. The Morgan fingerprint density at radius 1 is 1.08 bits per heavy atom. The van der Waals surface area contributed by atoms with E-state index in [1.165, 1.54) is 30.1 Å². The van der Waals surface area contributed by atoms with Gasteiger partial charge < -0.3 is 4.98 Å². The molecule has 25 heavy (non-hydrogen) atoms. The van der Waals surface area contributed by atoms with Gasteiger partial charge in [0.25, 0.3) is 0 Å². The molecule has 4 aromatic rings. The minimum atomic E-state index is 0.478. The second kappa shape index (κ2) is 6.20. The fourth-order valence-electron chi connectivity index (χ4n) is 3.77. The van der Waals surface area contributed by atoms with Crippen LogP contribution in [0.25, 0.3) is 22.1 Å². The topological polar surface area (TPSA) is 57.7 Å². The molecular formula is C19H19N5S. The first-order valence-electron chi connectivity index (χ1n) is 8.73. The van der Waals surface area contributed by atoms with Crippen molar-refractivity contribution in [3.05, 3.63) is 53.9 Å². The van der Waals surface area contributed by atoms with Gasteiger partial charge in [-0.3, -0.25) is 4.90 Å². The SMILES string of the molecule is c1ccc2[nH]c([C@H]3CCCN(Cc4ccc5nsnc5c4)C3)nc2c1. The van der Waals surface area contributed by atoms with Crippen LogP contribution in [-0.4, -0.2) is 36.7 Å². The standard InChI is InChI=1S/C19H19N5S/c1-2-6-16-15(5-1)20-19(21-16)14-4-3-9-24(12-14)11-13-7-8-17-18(10-13)23-25-22-17/h1-2,5-8,10,14H,3-4,9,11-12H2,(H,20,21)/t14-/m0/s1. The summed E-state index contributed by atoms with van der Waals surface area (Å²) in [6, 6.07) is 14.7. The van der Waals surface area contributed by atoms with Gasteiger partial charge in [-0.15, -0.1) is 0 Å². The number of nitrogens with one attached hydrogen (secondary N) is 1. The number of imidazole rings is 1. The van der Waals surface area contributed by atoms with E-state index in [2.05, 4.69) is 55.0 Å². The molecule has 2 aromatic heterocycles. The van der Waals surface area contributed by atoms with Crippen LogP contribution in [0.15, 0.2) is 42.5 Å². The van der Waals surface area contributed by atoms with Crippen molar-refractivity contribution in [1.29, 1.82) is 0 Å². The Labute approximate surface area is 150 Å². The molecule has 0 radical (unpaired) electrons. The molecule has 2 aromatic carbocycles. The summed E-state index contributed by atoms with van der Waals surface area (Å²) in [6.07, 6.45) is 2.41. The number of rotatable bonds is 3. The molecule has 0 aliphatic carbocycles. The van der Waals surface area contributed by atoms with Crippen LogP contribution in [-0.2, 0) is 6.54 Å². The zero-order valence-corrected chi connectivity index (χ0v) is 14.7. The molecule has 1 atom stereocenters. The zero-order valence-electron chi connectivity index (χ0n) is 13.9. The van der Waals surface area contributed by atoms with Gasteiger partial charge in [0, 0.05) is 19.0 Å². The van der Waals surface area contributed by atoms with Crippen LogP contribution in [0.2, 0.25) is 0 Å². The van der Waals surface area contributed by atoms with Gasteiger partial charge in [-0.25, -0.2) is 4.98 Å². The first kappa shape index (κ1) is 15.0. The smallest absolute Gasteiger partial charge is 0.111 e. The first-order valence-corrected chi connectivity index (χ1v) is 9.46. The quantitative estimate of drug-likeness (QED) is 0.608. The van der Waals surface area contributed by atoms with Crippen LogP contribution in [0.1, 0.15) is 30.1 Å². The van der Waals surface area contributed by atoms with Crippen LogP contribution in [0.4, 0.5) is 0 Å². The average Bonchev–Trinajstić information content (AvgIpc) is 3.28. The van der Waals surface area contributed by atoms with E-state index in [4.69, 9.17) is 4.98 Å². The summed E-state index contributed by atoms with van der Waals surface area (Å²) in [7, 11) is 0. The van der Waals surface area contributed by atoms with Gasteiger partial charge in [0.2, 0.25) is 0 Å². The average molecular weight is 349 g/mol. The van der Waals surface area contributed by atoms with Crippen molar-refractivity contribution < 1.29 is 0 Å². The van der Waals surface area contributed by atoms with Crippen LogP contribution in [0, 0.1) is 0 Å². The molecule has 1 fully saturated rings. The van der Waals surface area contributed by atoms with Crippen molar-refractivity contribution in [2.24, 2.45) is 0 Å². The highest BCUT2D eigenvalue weighted by molar-refractivity contribution is 7.00. The second-order valence-electron chi connectivity index (χ2n) is 6.80. The molecule has 1 N–H and O–H groups in total. The molecule has 6 heteroatoms. The molecule has 3 heterocycles. The third kappa shape index (κ3) is 2.92. The third-order valence-corrected chi connectivity index (χ3v) is 5.58. The molecule has 5 rings (SSSR count). The Morgan fingerprint density at radius 3 is 2.96 bits per heavy atom. The summed E-state index contributed by atoms with van der Waals surface area (Å²) in [6.45, 7) is 3.15. The summed E-state index contributed by atoms with van der Waals surface area (Å²) in [5.74, 6) is 1.61. The predicted octanol–water partition coefficient (Wildman–Crippen LogP) is 3.95. The van der Waals surface area contributed by atoms with Crippen molar-refractivity contribution >= 4 is 33.8 Å². The normalized spacial score (nSPS) is 19.0. The van der Waals surface area contributed by atoms with Gasteiger partial charge in [-0.1, -0.05) is 18.2 Å². The summed E-state index contributed by atoms with van der Waals surface area (Å²) < 4.78 is 8.64.